The number of nitrogen functional groups attached to an aromatic ring is 1. The Morgan fingerprint density at radius 2 is 2.05 bits per heavy atom. The monoisotopic (exact) mass is 289 g/mol. The fourth-order valence-corrected chi connectivity index (χ4v) is 2.15. The Kier molecular flexibility index (Phi) is 3.49. The third-order valence-electron chi connectivity index (χ3n) is 3.42. The molecule has 1 heterocycles. The first-order chi connectivity index (χ1) is 9.65. The van der Waals surface area contributed by atoms with Gasteiger partial charge in [0, 0.05) is 16.5 Å². The molecule has 0 unspecified atom stereocenters. The van der Waals surface area contributed by atoms with Crippen molar-refractivity contribution in [2.45, 2.75) is 32.3 Å². The number of aromatic nitrogens is 2. The van der Waals surface area contributed by atoms with E-state index < -0.39 is 0 Å². The lowest BCUT2D eigenvalue weighted by atomic mass is 10.2. The molecule has 1 aromatic carbocycles. The standard InChI is InChI=1S/C15H16ClN3O/c1-9-13(17)18-14(10-6-7-10)19-15(9)20-8-11-4-2-3-5-12(11)16/h2-5,10H,6-8H2,1H3,(H2,17,18,19). The molecule has 20 heavy (non-hydrogen) atoms. The highest BCUT2D eigenvalue weighted by Gasteiger charge is 2.28. The Morgan fingerprint density at radius 3 is 2.75 bits per heavy atom. The summed E-state index contributed by atoms with van der Waals surface area (Å²) in [6, 6.07) is 7.60. The third-order valence-corrected chi connectivity index (χ3v) is 3.79. The largest absolute Gasteiger partial charge is 0.472 e. The molecular formula is C15H16ClN3O. The van der Waals surface area contributed by atoms with E-state index in [-0.39, 0.29) is 0 Å². The summed E-state index contributed by atoms with van der Waals surface area (Å²) < 4.78 is 5.79. The van der Waals surface area contributed by atoms with Crippen molar-refractivity contribution in [1.29, 1.82) is 0 Å². The molecule has 4 nitrogen and oxygen atoms in total. The number of ether oxygens (including phenoxy) is 1. The molecule has 1 aromatic heterocycles. The van der Waals surface area contributed by atoms with Crippen molar-refractivity contribution in [3.05, 3.63) is 46.2 Å². The maximum absolute atomic E-state index is 6.12. The van der Waals surface area contributed by atoms with E-state index >= 15 is 0 Å². The van der Waals surface area contributed by atoms with E-state index in [9.17, 15) is 0 Å². The zero-order valence-corrected chi connectivity index (χ0v) is 12.0. The van der Waals surface area contributed by atoms with Crippen LogP contribution in [0.4, 0.5) is 5.82 Å². The van der Waals surface area contributed by atoms with E-state index in [4.69, 9.17) is 22.1 Å². The van der Waals surface area contributed by atoms with Gasteiger partial charge in [0.25, 0.3) is 0 Å². The molecule has 0 aliphatic heterocycles. The second kappa shape index (κ2) is 5.29. The number of rotatable bonds is 4. The van der Waals surface area contributed by atoms with Gasteiger partial charge in [-0.05, 0) is 25.8 Å². The number of nitrogens with two attached hydrogens (primary N) is 1. The summed E-state index contributed by atoms with van der Waals surface area (Å²) in [7, 11) is 0. The van der Waals surface area contributed by atoms with Crippen LogP contribution in [0.15, 0.2) is 24.3 Å². The summed E-state index contributed by atoms with van der Waals surface area (Å²) in [6.45, 7) is 2.25. The van der Waals surface area contributed by atoms with E-state index in [1.165, 1.54) is 0 Å². The first-order valence-electron chi connectivity index (χ1n) is 6.65. The van der Waals surface area contributed by atoms with E-state index in [0.717, 1.165) is 29.8 Å². The molecule has 0 saturated heterocycles. The first kappa shape index (κ1) is 13.2. The van der Waals surface area contributed by atoms with Crippen LogP contribution in [0.5, 0.6) is 5.88 Å². The van der Waals surface area contributed by atoms with Gasteiger partial charge in [0.2, 0.25) is 5.88 Å². The fraction of sp³-hybridized carbons (Fsp3) is 0.333. The van der Waals surface area contributed by atoms with Crippen LogP contribution in [0.3, 0.4) is 0 Å². The van der Waals surface area contributed by atoms with Crippen molar-refractivity contribution >= 4 is 17.4 Å². The Labute approximate surface area is 123 Å². The lowest BCUT2D eigenvalue weighted by Crippen LogP contribution is -2.07. The molecule has 0 spiro atoms. The van der Waals surface area contributed by atoms with Gasteiger partial charge in [-0.15, -0.1) is 0 Å². The highest BCUT2D eigenvalue weighted by atomic mass is 35.5. The summed E-state index contributed by atoms with van der Waals surface area (Å²) in [6.07, 6.45) is 2.26. The van der Waals surface area contributed by atoms with Crippen LogP contribution in [-0.4, -0.2) is 9.97 Å². The van der Waals surface area contributed by atoms with Crippen LogP contribution in [-0.2, 0) is 6.61 Å². The zero-order chi connectivity index (χ0) is 14.1. The molecule has 5 heteroatoms. The van der Waals surface area contributed by atoms with Gasteiger partial charge in [0.15, 0.2) is 0 Å². The Morgan fingerprint density at radius 1 is 1.30 bits per heavy atom. The summed E-state index contributed by atoms with van der Waals surface area (Å²) in [5.41, 5.74) is 7.64. The van der Waals surface area contributed by atoms with Crippen LogP contribution in [0.1, 0.15) is 35.7 Å². The van der Waals surface area contributed by atoms with Crippen LogP contribution >= 0.6 is 11.6 Å². The summed E-state index contributed by atoms with van der Waals surface area (Å²) in [5.74, 6) is 2.29. The number of anilines is 1. The third kappa shape index (κ3) is 2.70. The molecular weight excluding hydrogens is 274 g/mol. The lowest BCUT2D eigenvalue weighted by molar-refractivity contribution is 0.290. The van der Waals surface area contributed by atoms with Crippen molar-refractivity contribution in [2.75, 3.05) is 5.73 Å². The van der Waals surface area contributed by atoms with Crippen LogP contribution < -0.4 is 10.5 Å². The maximum atomic E-state index is 6.12. The Hall–Kier alpha value is -1.81. The lowest BCUT2D eigenvalue weighted by Gasteiger charge is -2.11. The van der Waals surface area contributed by atoms with Crippen molar-refractivity contribution in [1.82, 2.24) is 9.97 Å². The first-order valence-corrected chi connectivity index (χ1v) is 7.03. The number of benzene rings is 1. The minimum absolute atomic E-state index is 0.376. The van der Waals surface area contributed by atoms with Crippen molar-refractivity contribution in [3.63, 3.8) is 0 Å². The molecule has 0 radical (unpaired) electrons. The maximum Gasteiger partial charge on any atom is 0.222 e. The van der Waals surface area contributed by atoms with Crippen LogP contribution in [0.2, 0.25) is 5.02 Å². The molecule has 0 bridgehead atoms. The smallest absolute Gasteiger partial charge is 0.222 e. The SMILES string of the molecule is Cc1c(N)nc(C2CC2)nc1OCc1ccccc1Cl. The molecule has 1 aliphatic carbocycles. The fourth-order valence-electron chi connectivity index (χ4n) is 1.96. The number of halogens is 1. The van der Waals surface area contributed by atoms with Crippen molar-refractivity contribution in [3.8, 4) is 5.88 Å². The number of hydrogen-bond acceptors (Lipinski definition) is 4. The Bertz CT molecular complexity index is 641. The number of hydrogen-bond donors (Lipinski definition) is 1. The van der Waals surface area contributed by atoms with E-state index in [1.807, 2.05) is 31.2 Å². The van der Waals surface area contributed by atoms with Crippen molar-refractivity contribution in [2.24, 2.45) is 0 Å². The molecule has 1 fully saturated rings. The molecule has 0 amide bonds. The topological polar surface area (TPSA) is 61.0 Å². The van der Waals surface area contributed by atoms with Gasteiger partial charge in [0.1, 0.15) is 18.2 Å². The molecule has 2 aromatic rings. The quantitative estimate of drug-likeness (QED) is 0.936. The summed E-state index contributed by atoms with van der Waals surface area (Å²) in [5, 5.41) is 0.689. The summed E-state index contributed by atoms with van der Waals surface area (Å²) in [4.78, 5) is 8.81. The van der Waals surface area contributed by atoms with Gasteiger partial charge in [0.05, 0.1) is 5.56 Å². The van der Waals surface area contributed by atoms with Gasteiger partial charge >= 0.3 is 0 Å². The van der Waals surface area contributed by atoms with E-state index in [1.54, 1.807) is 0 Å². The normalized spacial score (nSPS) is 14.3. The molecule has 3 rings (SSSR count). The minimum atomic E-state index is 0.376. The molecule has 0 atom stereocenters. The zero-order valence-electron chi connectivity index (χ0n) is 11.3. The highest BCUT2D eigenvalue weighted by Crippen LogP contribution is 2.39. The van der Waals surface area contributed by atoms with Gasteiger partial charge < -0.3 is 10.5 Å². The van der Waals surface area contributed by atoms with Gasteiger partial charge in [-0.25, -0.2) is 4.98 Å². The van der Waals surface area contributed by atoms with Crippen LogP contribution in [0, 0.1) is 6.92 Å². The van der Waals surface area contributed by atoms with Gasteiger partial charge in [-0.1, -0.05) is 29.8 Å². The molecule has 1 aliphatic rings. The molecule has 104 valence electrons. The van der Waals surface area contributed by atoms with E-state index in [2.05, 4.69) is 9.97 Å². The molecule has 1 saturated carbocycles. The second-order valence-electron chi connectivity index (χ2n) is 5.05. The highest BCUT2D eigenvalue weighted by molar-refractivity contribution is 6.31. The Balaban J connectivity index is 1.81. The van der Waals surface area contributed by atoms with E-state index in [0.29, 0.717) is 29.2 Å². The van der Waals surface area contributed by atoms with Gasteiger partial charge in [-0.2, -0.15) is 4.98 Å². The number of nitrogens with zero attached hydrogens (tertiary/aromatic N) is 2. The average Bonchev–Trinajstić information content (AvgIpc) is 3.26. The predicted octanol–water partition coefficient (Wildman–Crippen LogP) is 3.48. The average molecular weight is 290 g/mol. The second-order valence-corrected chi connectivity index (χ2v) is 5.46. The minimum Gasteiger partial charge on any atom is -0.472 e. The van der Waals surface area contributed by atoms with Crippen LogP contribution in [0.25, 0.3) is 0 Å². The van der Waals surface area contributed by atoms with Crippen molar-refractivity contribution < 1.29 is 4.74 Å². The molecule has 2 N–H and O–H groups in total. The van der Waals surface area contributed by atoms with Gasteiger partial charge in [-0.3, -0.25) is 0 Å². The predicted molar refractivity (Wildman–Crippen MR) is 78.9 cm³/mol. The summed E-state index contributed by atoms with van der Waals surface area (Å²) >= 11 is 6.12.